The Balaban J connectivity index is 0.000000370. The van der Waals surface area contributed by atoms with Gasteiger partial charge in [0.2, 0.25) is 11.8 Å². The Bertz CT molecular complexity index is 680. The van der Waals surface area contributed by atoms with Crippen molar-refractivity contribution >= 4 is 11.9 Å². The predicted molar refractivity (Wildman–Crippen MR) is 93.3 cm³/mol. The number of aromatic nitrogens is 1. The van der Waals surface area contributed by atoms with E-state index in [1.54, 1.807) is 11.1 Å². The monoisotopic (exact) mass is 420 g/mol. The van der Waals surface area contributed by atoms with Crippen molar-refractivity contribution in [3.05, 3.63) is 24.4 Å². The number of halogens is 3. The van der Waals surface area contributed by atoms with Crippen LogP contribution in [0.3, 0.4) is 0 Å². The molecule has 0 bridgehead atoms. The normalized spacial score (nSPS) is 19.9. The third-order valence-electron chi connectivity index (χ3n) is 4.61. The fraction of sp³-hybridized carbons (Fsp3) is 0.611. The summed E-state index contributed by atoms with van der Waals surface area (Å²) in [7, 11) is 0. The molecule has 1 aromatic rings. The molecule has 2 saturated heterocycles. The lowest BCUT2D eigenvalue weighted by Crippen LogP contribution is -2.67. The van der Waals surface area contributed by atoms with Crippen LogP contribution < -0.4 is 4.74 Å². The fourth-order valence-electron chi connectivity index (χ4n) is 3.05. The Morgan fingerprint density at radius 1 is 1.38 bits per heavy atom. The van der Waals surface area contributed by atoms with Gasteiger partial charge in [0.25, 0.3) is 0 Å². The van der Waals surface area contributed by atoms with E-state index < -0.39 is 12.1 Å². The molecular weight excluding hydrogens is 397 g/mol. The van der Waals surface area contributed by atoms with Gasteiger partial charge in [0.1, 0.15) is 12.2 Å². The van der Waals surface area contributed by atoms with Gasteiger partial charge in [-0.1, -0.05) is 6.07 Å². The summed E-state index contributed by atoms with van der Waals surface area (Å²) in [5.41, 5.74) is -0.239. The smallest absolute Gasteiger partial charge is 0.477 e. The van der Waals surface area contributed by atoms with Crippen molar-refractivity contribution in [2.24, 2.45) is 5.92 Å². The highest BCUT2D eigenvalue weighted by Gasteiger charge is 2.54. The molecule has 0 aromatic carbocycles. The first-order chi connectivity index (χ1) is 13.7. The van der Waals surface area contributed by atoms with Crippen LogP contribution in [0.4, 0.5) is 13.2 Å². The Hall–Kier alpha value is -2.40. The quantitative estimate of drug-likeness (QED) is 0.749. The first-order valence-corrected chi connectivity index (χ1v) is 9.01. The van der Waals surface area contributed by atoms with Crippen LogP contribution in [0.5, 0.6) is 5.88 Å². The molecule has 8 nitrogen and oxygen atoms in total. The van der Waals surface area contributed by atoms with Gasteiger partial charge in [0.05, 0.1) is 19.7 Å². The van der Waals surface area contributed by atoms with Crippen molar-refractivity contribution in [2.75, 3.05) is 39.5 Å². The minimum Gasteiger partial charge on any atom is -0.477 e. The molecule has 1 unspecified atom stereocenters. The first-order valence-electron chi connectivity index (χ1n) is 9.01. The lowest BCUT2D eigenvalue weighted by molar-refractivity contribution is -0.192. The molecule has 2 fully saturated rings. The minimum absolute atomic E-state index is 0.0346. The number of carboxylic acids is 1. The average molecular weight is 420 g/mol. The van der Waals surface area contributed by atoms with Gasteiger partial charge in [-0.3, -0.25) is 4.79 Å². The third-order valence-corrected chi connectivity index (χ3v) is 4.61. The van der Waals surface area contributed by atoms with E-state index in [4.69, 9.17) is 24.1 Å². The van der Waals surface area contributed by atoms with Crippen LogP contribution in [0.25, 0.3) is 0 Å². The highest BCUT2D eigenvalue weighted by Crippen LogP contribution is 2.40. The van der Waals surface area contributed by atoms with Crippen molar-refractivity contribution in [1.29, 1.82) is 0 Å². The Morgan fingerprint density at radius 2 is 2.07 bits per heavy atom. The number of alkyl halides is 3. The number of nitrogens with zero attached hydrogens (tertiary/aromatic N) is 2. The molecule has 162 valence electrons. The van der Waals surface area contributed by atoms with Crippen molar-refractivity contribution in [2.45, 2.75) is 25.1 Å². The molecule has 3 heterocycles. The molecule has 1 N–H and O–H groups in total. The van der Waals surface area contributed by atoms with Gasteiger partial charge in [0.15, 0.2) is 0 Å². The van der Waals surface area contributed by atoms with Crippen molar-refractivity contribution in [3.8, 4) is 5.88 Å². The largest absolute Gasteiger partial charge is 0.490 e. The molecule has 1 amide bonds. The molecule has 2 aliphatic rings. The Morgan fingerprint density at radius 3 is 2.62 bits per heavy atom. The number of likely N-dealkylation sites (tertiary alicyclic amines) is 1. The van der Waals surface area contributed by atoms with Crippen LogP contribution in [0.15, 0.2) is 24.4 Å². The SMILES string of the molecule is CCOCC(=O)N1CC2(C1)OCCC2COc1ccccn1.O=C(O)C(F)(F)F. The molecule has 0 saturated carbocycles. The first kappa shape index (κ1) is 22.9. The maximum Gasteiger partial charge on any atom is 0.490 e. The number of rotatable bonds is 6. The van der Waals surface area contributed by atoms with Crippen LogP contribution in [0.1, 0.15) is 13.3 Å². The van der Waals surface area contributed by atoms with Crippen molar-refractivity contribution < 1.29 is 42.1 Å². The second-order valence-corrected chi connectivity index (χ2v) is 6.57. The third kappa shape index (κ3) is 6.29. The molecule has 3 rings (SSSR count). The summed E-state index contributed by atoms with van der Waals surface area (Å²) in [4.78, 5) is 26.8. The minimum atomic E-state index is -5.08. The number of hydrogen-bond donors (Lipinski definition) is 1. The average Bonchev–Trinajstić information content (AvgIpc) is 3.08. The van der Waals surface area contributed by atoms with Gasteiger partial charge in [-0.2, -0.15) is 13.2 Å². The maximum atomic E-state index is 11.9. The molecular formula is C18H23F3N2O6. The Labute approximate surface area is 165 Å². The van der Waals surface area contributed by atoms with Crippen LogP contribution in [0.2, 0.25) is 0 Å². The predicted octanol–water partition coefficient (Wildman–Crippen LogP) is 1.75. The summed E-state index contributed by atoms with van der Waals surface area (Å²) >= 11 is 0. The number of carbonyl (C=O) groups excluding carboxylic acids is 1. The zero-order valence-electron chi connectivity index (χ0n) is 15.9. The highest BCUT2D eigenvalue weighted by molar-refractivity contribution is 5.78. The van der Waals surface area contributed by atoms with E-state index in [0.29, 0.717) is 38.1 Å². The van der Waals surface area contributed by atoms with E-state index in [1.165, 1.54) is 0 Å². The van der Waals surface area contributed by atoms with E-state index in [0.717, 1.165) is 13.0 Å². The summed E-state index contributed by atoms with van der Waals surface area (Å²) in [6.07, 6.45) is -2.41. The van der Waals surface area contributed by atoms with Gasteiger partial charge in [-0.15, -0.1) is 0 Å². The molecule has 11 heteroatoms. The van der Waals surface area contributed by atoms with Crippen molar-refractivity contribution in [3.63, 3.8) is 0 Å². The standard InChI is InChI=1S/C16H22N2O4.C2HF3O2/c1-2-20-10-15(19)18-11-16(12-18)13(6-8-22-16)9-21-14-5-3-4-7-17-14;3-2(4,5)1(6)7/h3-5,7,13H,2,6,8-12H2,1H3;(H,6,7). The second kappa shape index (κ2) is 9.88. The van der Waals surface area contributed by atoms with Crippen LogP contribution in [-0.4, -0.2) is 78.2 Å². The number of aliphatic carboxylic acids is 1. The second-order valence-electron chi connectivity index (χ2n) is 6.57. The molecule has 29 heavy (non-hydrogen) atoms. The molecule has 0 radical (unpaired) electrons. The molecule has 2 aliphatic heterocycles. The number of amides is 1. The summed E-state index contributed by atoms with van der Waals surface area (Å²) < 4.78 is 48.6. The number of hydrogen-bond acceptors (Lipinski definition) is 6. The number of pyridine rings is 1. The maximum absolute atomic E-state index is 11.9. The van der Waals surface area contributed by atoms with Crippen LogP contribution in [0, 0.1) is 5.92 Å². The zero-order valence-corrected chi connectivity index (χ0v) is 15.9. The summed E-state index contributed by atoms with van der Waals surface area (Å²) in [5.74, 6) is -1.79. The lowest BCUT2D eigenvalue weighted by Gasteiger charge is -2.50. The van der Waals surface area contributed by atoms with E-state index in [1.807, 2.05) is 25.1 Å². The van der Waals surface area contributed by atoms with Crippen molar-refractivity contribution in [1.82, 2.24) is 9.88 Å². The van der Waals surface area contributed by atoms with Gasteiger partial charge in [-0.25, -0.2) is 9.78 Å². The fourth-order valence-corrected chi connectivity index (χ4v) is 3.05. The van der Waals surface area contributed by atoms with E-state index >= 15 is 0 Å². The van der Waals surface area contributed by atoms with E-state index in [2.05, 4.69) is 4.98 Å². The van der Waals surface area contributed by atoms with E-state index in [9.17, 15) is 18.0 Å². The topological polar surface area (TPSA) is 98.2 Å². The van der Waals surface area contributed by atoms with Crippen LogP contribution in [-0.2, 0) is 19.1 Å². The van der Waals surface area contributed by atoms with Gasteiger partial charge < -0.3 is 24.2 Å². The summed E-state index contributed by atoms with van der Waals surface area (Å²) in [6, 6.07) is 5.61. The summed E-state index contributed by atoms with van der Waals surface area (Å²) in [6.45, 7) is 5.16. The van der Waals surface area contributed by atoms with Gasteiger partial charge in [0, 0.05) is 31.4 Å². The Kier molecular flexibility index (Phi) is 7.80. The molecule has 1 aromatic heterocycles. The van der Waals surface area contributed by atoms with Gasteiger partial charge in [-0.05, 0) is 19.4 Å². The molecule has 1 atom stereocenters. The summed E-state index contributed by atoms with van der Waals surface area (Å²) in [5, 5.41) is 7.12. The number of carbonyl (C=O) groups is 2. The van der Waals surface area contributed by atoms with Gasteiger partial charge >= 0.3 is 12.1 Å². The molecule has 0 aliphatic carbocycles. The molecule has 1 spiro atoms. The number of ether oxygens (including phenoxy) is 3. The highest BCUT2D eigenvalue weighted by atomic mass is 19.4. The number of carboxylic acid groups (broad SMARTS) is 1. The van der Waals surface area contributed by atoms with E-state index in [-0.39, 0.29) is 18.1 Å². The lowest BCUT2D eigenvalue weighted by atomic mass is 9.81. The zero-order chi connectivity index (χ0) is 21.5. The van der Waals surface area contributed by atoms with Crippen LogP contribution >= 0.6 is 0 Å².